The predicted octanol–water partition coefficient (Wildman–Crippen LogP) is 4.91. The van der Waals surface area contributed by atoms with E-state index in [0.717, 1.165) is 34.3 Å². The lowest BCUT2D eigenvalue weighted by Gasteiger charge is -2.21. The Morgan fingerprint density at radius 1 is 1.14 bits per heavy atom. The molecule has 148 valence electrons. The Hall–Kier alpha value is -2.40. The third kappa shape index (κ3) is 4.36. The molecular weight excluding hydrogens is 372 g/mol. The molecule has 2 heterocycles. The minimum atomic E-state index is -0.322. The first kappa shape index (κ1) is 20.3. The van der Waals surface area contributed by atoms with E-state index < -0.39 is 0 Å². The molecule has 5 nitrogen and oxygen atoms in total. The summed E-state index contributed by atoms with van der Waals surface area (Å²) in [5.41, 5.74) is 3.88. The van der Waals surface area contributed by atoms with Crippen LogP contribution in [0.4, 0.5) is 0 Å². The largest absolute Gasteiger partial charge is 0.350 e. The number of fused-ring (bicyclic) bond motifs is 1. The number of carbonyl (C=O) groups excluding carboxylic acids is 1. The highest BCUT2D eigenvalue weighted by Crippen LogP contribution is 2.28. The van der Waals surface area contributed by atoms with E-state index in [1.54, 1.807) is 0 Å². The second-order valence-electron chi connectivity index (χ2n) is 7.76. The lowest BCUT2D eigenvalue weighted by atomic mass is 10.0. The van der Waals surface area contributed by atoms with Gasteiger partial charge in [-0.25, -0.2) is 9.97 Å². The van der Waals surface area contributed by atoms with Gasteiger partial charge >= 0.3 is 0 Å². The summed E-state index contributed by atoms with van der Waals surface area (Å²) >= 11 is 5.94. The number of nitrogens with one attached hydrogen (secondary N) is 1. The molecule has 0 fully saturated rings. The van der Waals surface area contributed by atoms with Gasteiger partial charge in [-0.15, -0.1) is 0 Å². The Morgan fingerprint density at radius 3 is 2.46 bits per heavy atom. The van der Waals surface area contributed by atoms with Crippen molar-refractivity contribution in [1.29, 1.82) is 0 Å². The fraction of sp³-hybridized carbons (Fsp3) is 0.409. The number of aromatic nitrogens is 3. The van der Waals surface area contributed by atoms with Gasteiger partial charge in [-0.1, -0.05) is 37.6 Å². The Labute approximate surface area is 171 Å². The van der Waals surface area contributed by atoms with Crippen LogP contribution in [0, 0.1) is 26.7 Å². The summed E-state index contributed by atoms with van der Waals surface area (Å²) in [4.78, 5) is 22.3. The molecule has 0 spiro atoms. The molecule has 1 aromatic carbocycles. The first-order valence-corrected chi connectivity index (χ1v) is 9.98. The van der Waals surface area contributed by atoms with E-state index in [4.69, 9.17) is 11.6 Å². The topological polar surface area (TPSA) is 59.8 Å². The molecule has 0 saturated heterocycles. The van der Waals surface area contributed by atoms with Crippen molar-refractivity contribution in [1.82, 2.24) is 19.9 Å². The Balaban J connectivity index is 1.93. The van der Waals surface area contributed by atoms with E-state index in [1.807, 2.05) is 55.8 Å². The zero-order valence-corrected chi connectivity index (χ0v) is 17.8. The molecule has 1 amide bonds. The van der Waals surface area contributed by atoms with Crippen LogP contribution in [0.1, 0.15) is 49.0 Å². The molecule has 0 aliphatic carbocycles. The number of hydrogen-bond donors (Lipinski definition) is 1. The number of nitrogens with zero attached hydrogens (tertiary/aromatic N) is 3. The summed E-state index contributed by atoms with van der Waals surface area (Å²) in [6.07, 6.45) is 2.76. The molecule has 0 aliphatic heterocycles. The molecule has 1 N–H and O–H groups in total. The van der Waals surface area contributed by atoms with E-state index in [0.29, 0.717) is 23.3 Å². The van der Waals surface area contributed by atoms with E-state index in [2.05, 4.69) is 29.1 Å². The quantitative estimate of drug-likeness (QED) is 0.641. The van der Waals surface area contributed by atoms with Crippen LogP contribution in [-0.4, -0.2) is 20.4 Å². The van der Waals surface area contributed by atoms with Gasteiger partial charge in [0.1, 0.15) is 17.5 Å². The minimum absolute atomic E-state index is 0.00512. The number of hydrogen-bond acceptors (Lipinski definition) is 3. The predicted molar refractivity (Wildman–Crippen MR) is 114 cm³/mol. The van der Waals surface area contributed by atoms with Crippen LogP contribution in [0.5, 0.6) is 0 Å². The molecule has 0 radical (unpaired) electrons. The molecule has 3 rings (SSSR count). The van der Waals surface area contributed by atoms with Crippen molar-refractivity contribution in [2.75, 3.05) is 0 Å². The molecule has 6 heteroatoms. The van der Waals surface area contributed by atoms with Crippen molar-refractivity contribution in [3.8, 4) is 0 Å². The maximum atomic E-state index is 13.1. The molecular formula is C22H27ClN4O. The number of benzene rings is 1. The summed E-state index contributed by atoms with van der Waals surface area (Å²) in [5, 5.41) is 4.80. The number of carbonyl (C=O) groups is 1. The third-order valence-corrected chi connectivity index (χ3v) is 5.12. The summed E-state index contributed by atoms with van der Waals surface area (Å²) in [6.45, 7) is 10.6. The van der Waals surface area contributed by atoms with Crippen LogP contribution in [0.2, 0.25) is 5.02 Å². The van der Waals surface area contributed by atoms with E-state index in [-0.39, 0.29) is 11.9 Å². The Bertz CT molecular complexity index is 992. The highest BCUT2D eigenvalue weighted by molar-refractivity contribution is 6.30. The maximum Gasteiger partial charge on any atom is 0.243 e. The zero-order valence-electron chi connectivity index (χ0n) is 17.1. The standard InChI is InChI=1S/C22H27ClN4O/c1-13(2)10-19(22(28)24-11-17-6-8-18(23)9-7-17)27-12-14(3)20-15(4)25-16(5)26-21(20)27/h6-9,12-13,19H,10-11H2,1-5H3,(H,24,28). The van der Waals surface area contributed by atoms with Gasteiger partial charge in [0.2, 0.25) is 5.91 Å². The van der Waals surface area contributed by atoms with Gasteiger partial charge in [0, 0.05) is 23.2 Å². The monoisotopic (exact) mass is 398 g/mol. The highest BCUT2D eigenvalue weighted by Gasteiger charge is 2.25. The molecule has 0 bridgehead atoms. The first-order chi connectivity index (χ1) is 13.3. The summed E-state index contributed by atoms with van der Waals surface area (Å²) in [7, 11) is 0. The van der Waals surface area contributed by atoms with Crippen LogP contribution >= 0.6 is 11.6 Å². The molecule has 2 aromatic heterocycles. The maximum absolute atomic E-state index is 13.1. The van der Waals surface area contributed by atoms with Crippen LogP contribution in [0.25, 0.3) is 11.0 Å². The van der Waals surface area contributed by atoms with Crippen molar-refractivity contribution in [2.45, 2.75) is 53.6 Å². The van der Waals surface area contributed by atoms with E-state index in [1.165, 1.54) is 0 Å². The molecule has 1 atom stereocenters. The van der Waals surface area contributed by atoms with Gasteiger partial charge in [-0.3, -0.25) is 4.79 Å². The Morgan fingerprint density at radius 2 is 1.82 bits per heavy atom. The van der Waals surface area contributed by atoms with Crippen LogP contribution in [0.3, 0.4) is 0 Å². The molecule has 1 unspecified atom stereocenters. The van der Waals surface area contributed by atoms with Crippen LogP contribution in [0.15, 0.2) is 30.5 Å². The van der Waals surface area contributed by atoms with Crippen molar-refractivity contribution in [2.24, 2.45) is 5.92 Å². The van der Waals surface area contributed by atoms with Gasteiger partial charge in [-0.05, 0) is 56.4 Å². The lowest BCUT2D eigenvalue weighted by Crippen LogP contribution is -2.33. The molecule has 28 heavy (non-hydrogen) atoms. The third-order valence-electron chi connectivity index (χ3n) is 4.87. The van der Waals surface area contributed by atoms with Crippen LogP contribution < -0.4 is 5.32 Å². The van der Waals surface area contributed by atoms with E-state index in [9.17, 15) is 4.79 Å². The number of halogens is 1. The first-order valence-electron chi connectivity index (χ1n) is 9.60. The summed E-state index contributed by atoms with van der Waals surface area (Å²) in [5.74, 6) is 1.08. The van der Waals surface area contributed by atoms with Gasteiger partial charge in [0.25, 0.3) is 0 Å². The normalized spacial score (nSPS) is 12.5. The lowest BCUT2D eigenvalue weighted by molar-refractivity contribution is -0.124. The average molecular weight is 399 g/mol. The van der Waals surface area contributed by atoms with Gasteiger partial charge in [0.05, 0.1) is 5.69 Å². The summed E-state index contributed by atoms with van der Waals surface area (Å²) < 4.78 is 2.02. The fourth-order valence-electron chi connectivity index (χ4n) is 3.62. The van der Waals surface area contributed by atoms with E-state index >= 15 is 0 Å². The van der Waals surface area contributed by atoms with Crippen molar-refractivity contribution < 1.29 is 4.79 Å². The number of rotatable bonds is 6. The second-order valence-corrected chi connectivity index (χ2v) is 8.20. The molecule has 0 aliphatic rings. The fourth-order valence-corrected chi connectivity index (χ4v) is 3.74. The van der Waals surface area contributed by atoms with Gasteiger partial charge in [0.15, 0.2) is 0 Å². The molecule has 3 aromatic rings. The van der Waals surface area contributed by atoms with Crippen molar-refractivity contribution in [3.63, 3.8) is 0 Å². The zero-order chi connectivity index (χ0) is 20.4. The van der Waals surface area contributed by atoms with Gasteiger partial charge in [-0.2, -0.15) is 0 Å². The van der Waals surface area contributed by atoms with Crippen LogP contribution in [-0.2, 0) is 11.3 Å². The Kier molecular flexibility index (Phi) is 6.04. The average Bonchev–Trinajstić information content (AvgIpc) is 2.95. The van der Waals surface area contributed by atoms with Crippen molar-refractivity contribution in [3.05, 3.63) is 58.1 Å². The SMILES string of the molecule is Cc1nc(C)c2c(C)cn(C(CC(C)C)C(=O)NCc3ccc(Cl)cc3)c2n1. The minimum Gasteiger partial charge on any atom is -0.350 e. The van der Waals surface area contributed by atoms with Crippen molar-refractivity contribution >= 4 is 28.5 Å². The number of aryl methyl sites for hydroxylation is 3. The molecule has 0 saturated carbocycles. The second kappa shape index (κ2) is 8.31. The highest BCUT2D eigenvalue weighted by atomic mass is 35.5. The smallest absolute Gasteiger partial charge is 0.243 e. The van der Waals surface area contributed by atoms with Gasteiger partial charge < -0.3 is 9.88 Å². The summed E-state index contributed by atoms with van der Waals surface area (Å²) in [6, 6.07) is 7.20. The number of amides is 1.